The Hall–Kier alpha value is -0.380. The number of benzene rings is 1. The molecule has 2 nitrogen and oxygen atoms in total. The first-order valence-electron chi connectivity index (χ1n) is 8.24. The molecule has 1 N–H and O–H groups in total. The van der Waals surface area contributed by atoms with Crippen LogP contribution in [0.15, 0.2) is 28.7 Å². The second kappa shape index (κ2) is 6.80. The Morgan fingerprint density at radius 1 is 1.24 bits per heavy atom. The highest BCUT2D eigenvalue weighted by Gasteiger charge is 2.40. The van der Waals surface area contributed by atoms with E-state index in [1.807, 2.05) is 12.1 Å². The van der Waals surface area contributed by atoms with Crippen LogP contribution in [0.4, 0.5) is 0 Å². The second-order valence-electron chi connectivity index (χ2n) is 6.71. The van der Waals surface area contributed by atoms with Crippen LogP contribution in [0.25, 0.3) is 0 Å². The fourth-order valence-corrected chi connectivity index (χ4v) is 4.44. The van der Waals surface area contributed by atoms with Crippen molar-refractivity contribution < 1.29 is 9.84 Å². The molecule has 3 heteroatoms. The molecule has 2 unspecified atom stereocenters. The Morgan fingerprint density at radius 3 is 2.76 bits per heavy atom. The second-order valence-corrected chi connectivity index (χ2v) is 7.56. The van der Waals surface area contributed by atoms with E-state index in [4.69, 9.17) is 4.74 Å². The maximum atomic E-state index is 10.7. The Morgan fingerprint density at radius 2 is 2.00 bits per heavy atom. The lowest BCUT2D eigenvalue weighted by atomic mass is 9.74. The summed E-state index contributed by atoms with van der Waals surface area (Å²) in [6, 6.07) is 8.21. The van der Waals surface area contributed by atoms with E-state index in [2.05, 4.69) is 28.1 Å². The van der Waals surface area contributed by atoms with Crippen molar-refractivity contribution in [3.8, 4) is 0 Å². The van der Waals surface area contributed by atoms with Crippen LogP contribution in [0.3, 0.4) is 0 Å². The molecule has 1 aliphatic carbocycles. The van der Waals surface area contributed by atoms with Gasteiger partial charge in [0.25, 0.3) is 0 Å². The van der Waals surface area contributed by atoms with Gasteiger partial charge in [-0.15, -0.1) is 0 Å². The van der Waals surface area contributed by atoms with Gasteiger partial charge in [-0.25, -0.2) is 0 Å². The van der Waals surface area contributed by atoms with Gasteiger partial charge >= 0.3 is 0 Å². The van der Waals surface area contributed by atoms with Gasteiger partial charge in [0.2, 0.25) is 0 Å². The van der Waals surface area contributed by atoms with E-state index in [1.54, 1.807) is 0 Å². The number of aliphatic hydroxyl groups is 1. The quantitative estimate of drug-likeness (QED) is 0.868. The molecule has 1 saturated carbocycles. The van der Waals surface area contributed by atoms with Gasteiger partial charge in [0.05, 0.1) is 11.7 Å². The maximum Gasteiger partial charge on any atom is 0.0686 e. The maximum absolute atomic E-state index is 10.7. The molecule has 1 aromatic rings. The predicted octanol–water partition coefficient (Wildman–Crippen LogP) is 4.48. The predicted molar refractivity (Wildman–Crippen MR) is 88.3 cm³/mol. The summed E-state index contributed by atoms with van der Waals surface area (Å²) in [5.41, 5.74) is 1.28. The number of hydrogen-bond acceptors (Lipinski definition) is 2. The molecular formula is C18H25BrO2. The summed E-state index contributed by atoms with van der Waals surface area (Å²) in [6.45, 7) is 0.817. The summed E-state index contributed by atoms with van der Waals surface area (Å²) in [5.74, 6) is 0.379. The number of rotatable bonds is 3. The SMILES string of the molecule is OC(Cc1ccccc1Br)C1CCOC2(CCCCC2)C1. The molecule has 1 aromatic carbocycles. The highest BCUT2D eigenvalue weighted by atomic mass is 79.9. The van der Waals surface area contributed by atoms with E-state index in [0.29, 0.717) is 5.92 Å². The lowest BCUT2D eigenvalue weighted by Crippen LogP contribution is -2.44. The summed E-state index contributed by atoms with van der Waals surface area (Å²) in [7, 11) is 0. The van der Waals surface area contributed by atoms with Crippen LogP contribution in [-0.2, 0) is 11.2 Å². The van der Waals surface area contributed by atoms with Crippen molar-refractivity contribution in [2.75, 3.05) is 6.61 Å². The number of aliphatic hydroxyl groups excluding tert-OH is 1. The molecule has 2 aliphatic rings. The van der Waals surface area contributed by atoms with Crippen LogP contribution in [-0.4, -0.2) is 23.4 Å². The first-order valence-corrected chi connectivity index (χ1v) is 9.03. The summed E-state index contributed by atoms with van der Waals surface area (Å²) >= 11 is 3.58. The van der Waals surface area contributed by atoms with E-state index in [-0.39, 0.29) is 11.7 Å². The monoisotopic (exact) mass is 352 g/mol. The third kappa shape index (κ3) is 3.69. The zero-order valence-electron chi connectivity index (χ0n) is 12.6. The van der Waals surface area contributed by atoms with Gasteiger partial charge in [-0.2, -0.15) is 0 Å². The molecule has 2 atom stereocenters. The Balaban J connectivity index is 1.64. The minimum Gasteiger partial charge on any atom is -0.392 e. The van der Waals surface area contributed by atoms with Crippen molar-refractivity contribution in [1.29, 1.82) is 0 Å². The summed E-state index contributed by atoms with van der Waals surface area (Å²) in [6.07, 6.45) is 8.80. The summed E-state index contributed by atoms with van der Waals surface area (Å²) < 4.78 is 7.24. The summed E-state index contributed by atoms with van der Waals surface area (Å²) in [4.78, 5) is 0. The fraction of sp³-hybridized carbons (Fsp3) is 0.667. The van der Waals surface area contributed by atoms with Gasteiger partial charge in [0.15, 0.2) is 0 Å². The van der Waals surface area contributed by atoms with Crippen molar-refractivity contribution in [2.45, 2.75) is 63.1 Å². The highest BCUT2D eigenvalue weighted by Crippen LogP contribution is 2.42. The largest absolute Gasteiger partial charge is 0.392 e. The molecule has 1 aliphatic heterocycles. The van der Waals surface area contributed by atoms with Crippen LogP contribution in [0.5, 0.6) is 0 Å². The van der Waals surface area contributed by atoms with Gasteiger partial charge in [0.1, 0.15) is 0 Å². The first kappa shape index (κ1) is 15.5. The van der Waals surface area contributed by atoms with E-state index >= 15 is 0 Å². The average molecular weight is 353 g/mol. The normalized spacial score (nSPS) is 26.7. The first-order chi connectivity index (χ1) is 10.2. The minimum absolute atomic E-state index is 0.0794. The Kier molecular flexibility index (Phi) is 5.03. The van der Waals surface area contributed by atoms with Crippen molar-refractivity contribution in [3.05, 3.63) is 34.3 Å². The van der Waals surface area contributed by atoms with Gasteiger partial charge in [-0.05, 0) is 49.7 Å². The molecule has 3 rings (SSSR count). The third-order valence-electron chi connectivity index (χ3n) is 5.23. The standard InChI is InChI=1S/C18H25BrO2/c19-16-7-3-2-6-14(16)12-17(20)15-8-11-21-18(13-15)9-4-1-5-10-18/h2-3,6-7,15,17,20H,1,4-5,8-13H2. The molecule has 0 aromatic heterocycles. The van der Waals surface area contributed by atoms with Crippen LogP contribution < -0.4 is 0 Å². The number of hydrogen-bond donors (Lipinski definition) is 1. The zero-order chi connectivity index (χ0) is 14.7. The molecule has 21 heavy (non-hydrogen) atoms. The van der Waals surface area contributed by atoms with Crippen LogP contribution in [0, 0.1) is 5.92 Å². The average Bonchev–Trinajstić information content (AvgIpc) is 2.50. The molecule has 1 spiro atoms. The summed E-state index contributed by atoms with van der Waals surface area (Å²) in [5, 5.41) is 10.7. The third-order valence-corrected chi connectivity index (χ3v) is 6.00. The van der Waals surface area contributed by atoms with Crippen LogP contribution in [0.1, 0.15) is 50.5 Å². The van der Waals surface area contributed by atoms with Crippen molar-refractivity contribution in [1.82, 2.24) is 0 Å². The number of ether oxygens (including phenoxy) is 1. The lowest BCUT2D eigenvalue weighted by molar-refractivity contribution is -0.133. The zero-order valence-corrected chi connectivity index (χ0v) is 14.1. The fourth-order valence-electron chi connectivity index (χ4n) is 3.99. The molecule has 2 fully saturated rings. The van der Waals surface area contributed by atoms with Crippen molar-refractivity contribution in [2.24, 2.45) is 5.92 Å². The topological polar surface area (TPSA) is 29.5 Å². The molecule has 0 bridgehead atoms. The molecule has 0 radical (unpaired) electrons. The molecule has 0 amide bonds. The Bertz CT molecular complexity index is 463. The van der Waals surface area contributed by atoms with Gasteiger partial charge < -0.3 is 9.84 Å². The molecule has 1 saturated heterocycles. The van der Waals surface area contributed by atoms with Crippen LogP contribution >= 0.6 is 15.9 Å². The molecule has 116 valence electrons. The van der Waals surface area contributed by atoms with Gasteiger partial charge in [-0.3, -0.25) is 0 Å². The Labute approximate surface area is 136 Å². The van der Waals surface area contributed by atoms with E-state index < -0.39 is 0 Å². The number of halogens is 1. The van der Waals surface area contributed by atoms with Crippen LogP contribution in [0.2, 0.25) is 0 Å². The van der Waals surface area contributed by atoms with E-state index in [9.17, 15) is 5.11 Å². The molecule has 1 heterocycles. The molecular weight excluding hydrogens is 328 g/mol. The smallest absolute Gasteiger partial charge is 0.0686 e. The van der Waals surface area contributed by atoms with Gasteiger partial charge in [0, 0.05) is 11.1 Å². The van der Waals surface area contributed by atoms with Crippen molar-refractivity contribution in [3.63, 3.8) is 0 Å². The minimum atomic E-state index is -0.258. The highest BCUT2D eigenvalue weighted by molar-refractivity contribution is 9.10. The van der Waals surface area contributed by atoms with E-state index in [1.165, 1.54) is 37.7 Å². The van der Waals surface area contributed by atoms with Crippen molar-refractivity contribution >= 4 is 15.9 Å². The van der Waals surface area contributed by atoms with E-state index in [0.717, 1.165) is 30.3 Å². The van der Waals surface area contributed by atoms with Gasteiger partial charge in [-0.1, -0.05) is 53.4 Å². The lowest BCUT2D eigenvalue weighted by Gasteiger charge is -2.44.